The predicted octanol–water partition coefficient (Wildman–Crippen LogP) is 4.66. The third kappa shape index (κ3) is 4.46. The minimum atomic E-state index is -4.70. The molecule has 4 rings (SSSR count). The van der Waals surface area contributed by atoms with Gasteiger partial charge in [-0.15, -0.1) is 0 Å². The highest BCUT2D eigenvalue weighted by atomic mass is 35.5. The highest BCUT2D eigenvalue weighted by Gasteiger charge is 2.36. The number of para-hydroxylation sites is 1. The van der Waals surface area contributed by atoms with Crippen LogP contribution < -0.4 is 5.32 Å². The van der Waals surface area contributed by atoms with Crippen LogP contribution in [0.4, 0.5) is 13.2 Å². The van der Waals surface area contributed by atoms with Crippen LogP contribution in [0, 0.1) is 0 Å². The zero-order valence-corrected chi connectivity index (χ0v) is 16.6. The number of hydrogen-bond acceptors (Lipinski definition) is 3. The van der Waals surface area contributed by atoms with Gasteiger partial charge in [-0.25, -0.2) is 9.36 Å². The molecule has 31 heavy (non-hydrogen) atoms. The van der Waals surface area contributed by atoms with Crippen LogP contribution in [0.1, 0.15) is 21.7 Å². The molecular formula is C21H15ClF3N5O. The van der Waals surface area contributed by atoms with Crippen molar-refractivity contribution in [1.29, 1.82) is 0 Å². The number of amides is 1. The van der Waals surface area contributed by atoms with Crippen molar-refractivity contribution in [3.8, 4) is 11.4 Å². The number of carbonyl (C=O) groups is 1. The van der Waals surface area contributed by atoms with E-state index in [9.17, 15) is 18.0 Å². The van der Waals surface area contributed by atoms with Crippen molar-refractivity contribution in [2.45, 2.75) is 12.7 Å². The Kier molecular flexibility index (Phi) is 5.51. The molecule has 0 fully saturated rings. The van der Waals surface area contributed by atoms with Gasteiger partial charge in [0.05, 0.1) is 16.4 Å². The molecule has 0 aliphatic carbocycles. The standard InChI is InChI=1S/C21H15ClF3N5O/c22-16-4-1-2-5-17(16)30-18(12-19(28-30)21(23,24)25)20(31)26-13-14-6-8-15(9-7-14)29-11-3-10-27-29/h1-12H,13H2,(H,26,31). The summed E-state index contributed by atoms with van der Waals surface area (Å²) in [6.07, 6.45) is -1.25. The summed E-state index contributed by atoms with van der Waals surface area (Å²) in [7, 11) is 0. The third-order valence-electron chi connectivity index (χ3n) is 4.47. The third-order valence-corrected chi connectivity index (χ3v) is 4.79. The molecule has 0 unspecified atom stereocenters. The van der Waals surface area contributed by atoms with Crippen molar-refractivity contribution < 1.29 is 18.0 Å². The normalized spacial score (nSPS) is 11.5. The maximum Gasteiger partial charge on any atom is 0.435 e. The lowest BCUT2D eigenvalue weighted by Crippen LogP contribution is -2.25. The lowest BCUT2D eigenvalue weighted by atomic mass is 10.2. The first-order chi connectivity index (χ1) is 14.8. The number of rotatable bonds is 5. The number of aromatic nitrogens is 4. The van der Waals surface area contributed by atoms with Crippen molar-refractivity contribution in [1.82, 2.24) is 24.9 Å². The van der Waals surface area contributed by atoms with E-state index in [1.54, 1.807) is 47.4 Å². The second-order valence-electron chi connectivity index (χ2n) is 6.58. The van der Waals surface area contributed by atoms with E-state index in [2.05, 4.69) is 15.5 Å². The summed E-state index contributed by atoms with van der Waals surface area (Å²) in [6, 6.07) is 16.0. The smallest absolute Gasteiger partial charge is 0.347 e. The average Bonchev–Trinajstić information content (AvgIpc) is 3.43. The van der Waals surface area contributed by atoms with E-state index in [1.165, 1.54) is 12.1 Å². The van der Waals surface area contributed by atoms with E-state index in [1.807, 2.05) is 12.1 Å². The van der Waals surface area contributed by atoms with E-state index in [0.29, 0.717) is 6.07 Å². The summed E-state index contributed by atoms with van der Waals surface area (Å²) in [5, 5.41) is 10.5. The van der Waals surface area contributed by atoms with Crippen LogP contribution in [0.3, 0.4) is 0 Å². The predicted molar refractivity (Wildman–Crippen MR) is 108 cm³/mol. The first-order valence-corrected chi connectivity index (χ1v) is 9.50. The van der Waals surface area contributed by atoms with Gasteiger partial charge in [0.2, 0.25) is 0 Å². The fourth-order valence-electron chi connectivity index (χ4n) is 2.95. The van der Waals surface area contributed by atoms with Gasteiger partial charge in [0.25, 0.3) is 5.91 Å². The number of halogens is 4. The molecule has 10 heteroatoms. The largest absolute Gasteiger partial charge is 0.435 e. The molecule has 0 aliphatic heterocycles. The zero-order chi connectivity index (χ0) is 22.0. The number of nitrogens with one attached hydrogen (secondary N) is 1. The van der Waals surface area contributed by atoms with Crippen LogP contribution in [0.25, 0.3) is 11.4 Å². The van der Waals surface area contributed by atoms with E-state index in [4.69, 9.17) is 11.6 Å². The first-order valence-electron chi connectivity index (χ1n) is 9.12. The van der Waals surface area contributed by atoms with Gasteiger partial charge in [-0.1, -0.05) is 35.9 Å². The summed E-state index contributed by atoms with van der Waals surface area (Å²) in [5.41, 5.74) is 0.332. The van der Waals surface area contributed by atoms with Crippen molar-refractivity contribution in [2.24, 2.45) is 0 Å². The van der Waals surface area contributed by atoms with Crippen molar-refractivity contribution in [3.05, 3.63) is 95.0 Å². The Hall–Kier alpha value is -3.59. The second-order valence-corrected chi connectivity index (χ2v) is 6.98. The van der Waals surface area contributed by atoms with Gasteiger partial charge in [0.15, 0.2) is 5.69 Å². The molecule has 0 spiro atoms. The van der Waals surface area contributed by atoms with Crippen LogP contribution in [-0.4, -0.2) is 25.5 Å². The Balaban J connectivity index is 1.56. The van der Waals surface area contributed by atoms with Crippen LogP contribution in [0.15, 0.2) is 73.1 Å². The van der Waals surface area contributed by atoms with E-state index >= 15 is 0 Å². The Morgan fingerprint density at radius 1 is 1.06 bits per heavy atom. The van der Waals surface area contributed by atoms with Crippen LogP contribution in [0.5, 0.6) is 0 Å². The Bertz CT molecular complexity index is 1200. The molecule has 0 saturated heterocycles. The molecule has 158 valence electrons. The van der Waals surface area contributed by atoms with Gasteiger partial charge < -0.3 is 5.32 Å². The minimum Gasteiger partial charge on any atom is -0.347 e. The van der Waals surface area contributed by atoms with Gasteiger partial charge in [-0.3, -0.25) is 4.79 Å². The lowest BCUT2D eigenvalue weighted by Gasteiger charge is -2.10. The summed E-state index contributed by atoms with van der Waals surface area (Å²) < 4.78 is 42.2. The van der Waals surface area contributed by atoms with Gasteiger partial charge in [0.1, 0.15) is 5.69 Å². The molecule has 2 aromatic carbocycles. The molecule has 0 atom stereocenters. The van der Waals surface area contributed by atoms with Gasteiger partial charge >= 0.3 is 6.18 Å². The Morgan fingerprint density at radius 2 is 1.81 bits per heavy atom. The zero-order valence-electron chi connectivity index (χ0n) is 15.8. The van der Waals surface area contributed by atoms with E-state index in [0.717, 1.165) is 15.9 Å². The number of carbonyl (C=O) groups excluding carboxylic acids is 1. The second kappa shape index (κ2) is 8.27. The Morgan fingerprint density at radius 3 is 2.45 bits per heavy atom. The highest BCUT2D eigenvalue weighted by molar-refractivity contribution is 6.32. The lowest BCUT2D eigenvalue weighted by molar-refractivity contribution is -0.141. The van der Waals surface area contributed by atoms with Crippen molar-refractivity contribution in [3.63, 3.8) is 0 Å². The number of nitrogens with zero attached hydrogens (tertiary/aromatic N) is 4. The molecule has 0 radical (unpaired) electrons. The average molecular weight is 446 g/mol. The fourth-order valence-corrected chi connectivity index (χ4v) is 3.17. The molecule has 4 aromatic rings. The topological polar surface area (TPSA) is 64.7 Å². The minimum absolute atomic E-state index is 0.118. The van der Waals surface area contributed by atoms with Gasteiger partial charge in [-0.2, -0.15) is 23.4 Å². The monoisotopic (exact) mass is 445 g/mol. The summed E-state index contributed by atoms with van der Waals surface area (Å²) in [5.74, 6) is -0.709. The quantitative estimate of drug-likeness (QED) is 0.486. The summed E-state index contributed by atoms with van der Waals surface area (Å²) in [6.45, 7) is 0.118. The number of hydrogen-bond donors (Lipinski definition) is 1. The number of benzene rings is 2. The molecular weight excluding hydrogens is 431 g/mol. The number of alkyl halides is 3. The van der Waals surface area contributed by atoms with E-state index in [-0.39, 0.29) is 22.9 Å². The molecule has 2 aromatic heterocycles. The van der Waals surface area contributed by atoms with Gasteiger partial charge in [-0.05, 0) is 35.9 Å². The fraction of sp³-hybridized carbons (Fsp3) is 0.0952. The molecule has 0 aliphatic rings. The molecule has 2 heterocycles. The van der Waals surface area contributed by atoms with Crippen molar-refractivity contribution in [2.75, 3.05) is 0 Å². The van der Waals surface area contributed by atoms with Crippen LogP contribution in [-0.2, 0) is 12.7 Å². The highest BCUT2D eigenvalue weighted by Crippen LogP contribution is 2.31. The maximum absolute atomic E-state index is 13.2. The first kappa shape index (κ1) is 20.7. The molecule has 6 nitrogen and oxygen atoms in total. The van der Waals surface area contributed by atoms with Crippen LogP contribution in [0.2, 0.25) is 5.02 Å². The summed E-state index contributed by atoms with van der Waals surface area (Å²) >= 11 is 6.11. The maximum atomic E-state index is 13.2. The SMILES string of the molecule is O=C(NCc1ccc(-n2cccn2)cc1)c1cc(C(F)(F)F)nn1-c1ccccc1Cl. The molecule has 1 amide bonds. The molecule has 0 saturated carbocycles. The van der Waals surface area contributed by atoms with E-state index < -0.39 is 17.8 Å². The molecule has 1 N–H and O–H groups in total. The summed E-state index contributed by atoms with van der Waals surface area (Å²) in [4.78, 5) is 12.7. The van der Waals surface area contributed by atoms with Crippen LogP contribution >= 0.6 is 11.6 Å². The van der Waals surface area contributed by atoms with Crippen molar-refractivity contribution >= 4 is 17.5 Å². The molecule has 0 bridgehead atoms. The van der Waals surface area contributed by atoms with Gasteiger partial charge in [0, 0.05) is 25.0 Å². The Labute approximate surface area is 179 Å².